The lowest BCUT2D eigenvalue weighted by Crippen LogP contribution is -2.21. The van der Waals surface area contributed by atoms with Gasteiger partial charge < -0.3 is 9.84 Å². The van der Waals surface area contributed by atoms with Gasteiger partial charge in [-0.3, -0.25) is 0 Å². The quantitative estimate of drug-likeness (QED) is 0.874. The minimum absolute atomic E-state index is 0.179. The molecule has 0 aliphatic rings. The molecule has 0 fully saturated rings. The van der Waals surface area contributed by atoms with Crippen molar-refractivity contribution in [2.45, 2.75) is 46.8 Å². The Hall–Kier alpha value is -1.69. The van der Waals surface area contributed by atoms with Crippen molar-refractivity contribution in [1.29, 1.82) is 0 Å². The highest BCUT2D eigenvalue weighted by molar-refractivity contribution is 5.24. The summed E-state index contributed by atoms with van der Waals surface area (Å²) in [5.74, 6) is 1.81. The summed E-state index contributed by atoms with van der Waals surface area (Å²) in [5.41, 5.74) is 2.06. The fourth-order valence-electron chi connectivity index (χ4n) is 2.14. The van der Waals surface area contributed by atoms with Gasteiger partial charge in [0.15, 0.2) is 0 Å². The van der Waals surface area contributed by atoms with Crippen LogP contribution in [0.15, 0.2) is 10.9 Å². The average Bonchev–Trinajstić information content (AvgIpc) is 2.93. The van der Waals surface area contributed by atoms with Crippen LogP contribution in [0.4, 0.5) is 0 Å². The topological polar surface area (TPSA) is 68.8 Å². The van der Waals surface area contributed by atoms with Crippen LogP contribution in [0.2, 0.25) is 0 Å². The maximum atomic E-state index is 5.18. The van der Waals surface area contributed by atoms with Gasteiger partial charge >= 0.3 is 0 Å². The van der Waals surface area contributed by atoms with Crippen molar-refractivity contribution in [2.24, 2.45) is 0 Å². The fraction of sp³-hybridized carbons (Fsp3) is 0.583. The molecule has 0 aliphatic carbocycles. The summed E-state index contributed by atoms with van der Waals surface area (Å²) in [5, 5.41) is 11.5. The molecule has 0 saturated heterocycles. The predicted molar refractivity (Wildman–Crippen MR) is 66.9 cm³/mol. The molecule has 1 N–H and O–H groups in total. The van der Waals surface area contributed by atoms with E-state index in [4.69, 9.17) is 4.52 Å². The van der Waals surface area contributed by atoms with E-state index in [9.17, 15) is 0 Å². The molecule has 0 radical (unpaired) electrons. The van der Waals surface area contributed by atoms with E-state index in [1.54, 1.807) is 6.33 Å². The van der Waals surface area contributed by atoms with Gasteiger partial charge in [-0.15, -0.1) is 0 Å². The summed E-state index contributed by atoms with van der Waals surface area (Å²) < 4.78 is 7.06. The van der Waals surface area contributed by atoms with Gasteiger partial charge in [-0.1, -0.05) is 5.16 Å². The molecular weight excluding hydrogens is 230 g/mol. The van der Waals surface area contributed by atoms with E-state index in [1.807, 2.05) is 18.5 Å². The van der Waals surface area contributed by atoms with Crippen LogP contribution in [0.5, 0.6) is 0 Å². The van der Waals surface area contributed by atoms with E-state index in [1.165, 1.54) is 0 Å². The van der Waals surface area contributed by atoms with Crippen molar-refractivity contribution in [1.82, 2.24) is 25.2 Å². The molecule has 0 aliphatic heterocycles. The van der Waals surface area contributed by atoms with Crippen molar-refractivity contribution in [3.63, 3.8) is 0 Å². The lowest BCUT2D eigenvalue weighted by molar-refractivity contribution is 0.390. The molecule has 6 heteroatoms. The average molecular weight is 249 g/mol. The van der Waals surface area contributed by atoms with Crippen LogP contribution in [0.1, 0.15) is 42.7 Å². The second-order valence-electron chi connectivity index (χ2n) is 4.33. The third-order valence-corrected chi connectivity index (χ3v) is 3.08. The highest BCUT2D eigenvalue weighted by Gasteiger charge is 2.16. The summed E-state index contributed by atoms with van der Waals surface area (Å²) in [4.78, 5) is 4.24. The second kappa shape index (κ2) is 5.30. The SMILES string of the molecule is CCn1ncnc1CNC(C)c1c(C)noc1C. The molecule has 2 rings (SSSR count). The van der Waals surface area contributed by atoms with Crippen LogP contribution in [0, 0.1) is 13.8 Å². The molecule has 0 bridgehead atoms. The van der Waals surface area contributed by atoms with E-state index in [-0.39, 0.29) is 6.04 Å². The fourth-order valence-corrected chi connectivity index (χ4v) is 2.14. The molecular formula is C12H19N5O. The number of hydrogen-bond acceptors (Lipinski definition) is 5. The number of nitrogens with one attached hydrogen (secondary N) is 1. The van der Waals surface area contributed by atoms with E-state index in [0.29, 0.717) is 6.54 Å². The Morgan fingerprint density at radius 1 is 1.44 bits per heavy atom. The lowest BCUT2D eigenvalue weighted by Gasteiger charge is -2.13. The first-order chi connectivity index (χ1) is 8.63. The Labute approximate surface area is 106 Å². The molecule has 0 saturated carbocycles. The van der Waals surface area contributed by atoms with Crippen molar-refractivity contribution in [3.05, 3.63) is 29.2 Å². The summed E-state index contributed by atoms with van der Waals surface area (Å²) in [6.45, 7) is 9.55. The van der Waals surface area contributed by atoms with Gasteiger partial charge in [0, 0.05) is 18.2 Å². The maximum Gasteiger partial charge on any atom is 0.140 e. The molecule has 0 amide bonds. The second-order valence-corrected chi connectivity index (χ2v) is 4.33. The first-order valence-electron chi connectivity index (χ1n) is 6.16. The first kappa shape index (κ1) is 12.8. The van der Waals surface area contributed by atoms with E-state index < -0.39 is 0 Å². The minimum atomic E-state index is 0.179. The highest BCUT2D eigenvalue weighted by Crippen LogP contribution is 2.20. The third kappa shape index (κ3) is 2.43. The third-order valence-electron chi connectivity index (χ3n) is 3.08. The van der Waals surface area contributed by atoms with Crippen LogP contribution in [-0.4, -0.2) is 19.9 Å². The van der Waals surface area contributed by atoms with Gasteiger partial charge in [-0.25, -0.2) is 9.67 Å². The van der Waals surface area contributed by atoms with Gasteiger partial charge in [0.25, 0.3) is 0 Å². The summed E-state index contributed by atoms with van der Waals surface area (Å²) >= 11 is 0. The van der Waals surface area contributed by atoms with Crippen LogP contribution >= 0.6 is 0 Å². The molecule has 2 aromatic rings. The van der Waals surface area contributed by atoms with Crippen molar-refractivity contribution < 1.29 is 4.52 Å². The summed E-state index contributed by atoms with van der Waals surface area (Å²) in [7, 11) is 0. The Kier molecular flexibility index (Phi) is 3.76. The Balaban J connectivity index is 2.03. The zero-order valence-corrected chi connectivity index (χ0v) is 11.3. The zero-order valence-electron chi connectivity index (χ0n) is 11.3. The van der Waals surface area contributed by atoms with E-state index >= 15 is 0 Å². The Morgan fingerprint density at radius 3 is 2.83 bits per heavy atom. The number of hydrogen-bond donors (Lipinski definition) is 1. The van der Waals surface area contributed by atoms with Crippen LogP contribution in [0.25, 0.3) is 0 Å². The van der Waals surface area contributed by atoms with Crippen molar-refractivity contribution in [3.8, 4) is 0 Å². The van der Waals surface area contributed by atoms with Gasteiger partial charge in [0.05, 0.1) is 12.2 Å². The Bertz CT molecular complexity index is 497. The molecule has 2 heterocycles. The Morgan fingerprint density at radius 2 is 2.22 bits per heavy atom. The highest BCUT2D eigenvalue weighted by atomic mass is 16.5. The summed E-state index contributed by atoms with van der Waals surface area (Å²) in [6, 6.07) is 0.179. The number of aryl methyl sites for hydroxylation is 3. The first-order valence-corrected chi connectivity index (χ1v) is 6.16. The zero-order chi connectivity index (χ0) is 13.1. The molecule has 1 unspecified atom stereocenters. The standard InChI is InChI=1S/C12H19N5O/c1-5-17-11(14-7-15-17)6-13-8(2)12-9(3)16-18-10(12)4/h7-8,13H,5-6H2,1-4H3. The molecule has 1 atom stereocenters. The van der Waals surface area contributed by atoms with Gasteiger partial charge in [-0.2, -0.15) is 5.10 Å². The number of nitrogens with zero attached hydrogens (tertiary/aromatic N) is 4. The molecule has 6 nitrogen and oxygen atoms in total. The van der Waals surface area contributed by atoms with Crippen LogP contribution in [0.3, 0.4) is 0 Å². The normalized spacial score (nSPS) is 12.9. The molecule has 2 aromatic heterocycles. The smallest absolute Gasteiger partial charge is 0.140 e. The van der Waals surface area contributed by atoms with Crippen molar-refractivity contribution >= 4 is 0 Å². The summed E-state index contributed by atoms with van der Waals surface area (Å²) in [6.07, 6.45) is 1.58. The molecule has 18 heavy (non-hydrogen) atoms. The monoisotopic (exact) mass is 249 g/mol. The number of aromatic nitrogens is 4. The van der Waals surface area contributed by atoms with Crippen LogP contribution < -0.4 is 5.32 Å². The van der Waals surface area contributed by atoms with Crippen LogP contribution in [-0.2, 0) is 13.1 Å². The lowest BCUT2D eigenvalue weighted by atomic mass is 10.1. The largest absolute Gasteiger partial charge is 0.361 e. The van der Waals surface area contributed by atoms with Gasteiger partial charge in [0.2, 0.25) is 0 Å². The minimum Gasteiger partial charge on any atom is -0.361 e. The maximum absolute atomic E-state index is 5.18. The van der Waals surface area contributed by atoms with Gasteiger partial charge in [-0.05, 0) is 27.7 Å². The van der Waals surface area contributed by atoms with Crippen molar-refractivity contribution in [2.75, 3.05) is 0 Å². The molecule has 0 spiro atoms. The molecule has 0 aromatic carbocycles. The van der Waals surface area contributed by atoms with E-state index in [0.717, 1.165) is 29.4 Å². The number of rotatable bonds is 5. The predicted octanol–water partition coefficient (Wildman–Crippen LogP) is 1.75. The van der Waals surface area contributed by atoms with Gasteiger partial charge in [0.1, 0.15) is 17.9 Å². The van der Waals surface area contributed by atoms with E-state index in [2.05, 4.69) is 34.4 Å². The molecule has 98 valence electrons.